The van der Waals surface area contributed by atoms with Gasteiger partial charge in [-0.3, -0.25) is 4.98 Å². The zero-order valence-corrected chi connectivity index (χ0v) is 12.0. The highest BCUT2D eigenvalue weighted by molar-refractivity contribution is 5.86. The lowest BCUT2D eigenvalue weighted by Gasteiger charge is -2.15. The number of rotatable bonds is 4. The van der Waals surface area contributed by atoms with Crippen LogP contribution in [0.25, 0.3) is 0 Å². The van der Waals surface area contributed by atoms with Crippen molar-refractivity contribution in [1.29, 1.82) is 0 Å². The van der Waals surface area contributed by atoms with Crippen molar-refractivity contribution < 1.29 is 14.3 Å². The molecule has 0 aliphatic heterocycles. The number of hydrogen-bond acceptors (Lipinski definition) is 7. The zero-order valence-electron chi connectivity index (χ0n) is 12.0. The summed E-state index contributed by atoms with van der Waals surface area (Å²) in [5, 5.41) is 0. The molecule has 2 N–H and O–H groups in total. The van der Waals surface area contributed by atoms with Crippen LogP contribution in [0.3, 0.4) is 0 Å². The number of ether oxygens (including phenoxy) is 2. The summed E-state index contributed by atoms with van der Waals surface area (Å²) in [6, 6.07) is 5.39. The van der Waals surface area contributed by atoms with Gasteiger partial charge >= 0.3 is 5.97 Å². The number of nitrogens with zero attached hydrogens (tertiary/aromatic N) is 3. The minimum absolute atomic E-state index is 0.0670. The summed E-state index contributed by atoms with van der Waals surface area (Å²) in [7, 11) is 5.09. The lowest BCUT2D eigenvalue weighted by atomic mass is 10.2. The van der Waals surface area contributed by atoms with E-state index in [9.17, 15) is 4.79 Å². The summed E-state index contributed by atoms with van der Waals surface area (Å²) >= 11 is 0. The van der Waals surface area contributed by atoms with Gasteiger partial charge in [-0.1, -0.05) is 0 Å². The van der Waals surface area contributed by atoms with Crippen LogP contribution in [-0.4, -0.2) is 37.1 Å². The van der Waals surface area contributed by atoms with Crippen LogP contribution in [0.2, 0.25) is 0 Å². The number of nitrogens with two attached hydrogens (primary N) is 1. The Kier molecular flexibility index (Phi) is 4.22. The molecule has 0 radical (unpaired) electrons. The number of carbonyl (C=O) groups excluding carboxylic acids is 1. The fourth-order valence-electron chi connectivity index (χ4n) is 1.60. The van der Waals surface area contributed by atoms with Gasteiger partial charge in [-0.2, -0.15) is 0 Å². The predicted octanol–water partition coefficient (Wildman–Crippen LogP) is 1.70. The van der Waals surface area contributed by atoms with Crippen molar-refractivity contribution in [3.63, 3.8) is 0 Å². The van der Waals surface area contributed by atoms with Crippen molar-refractivity contribution in [2.45, 2.75) is 0 Å². The van der Waals surface area contributed by atoms with Crippen LogP contribution in [0.1, 0.15) is 10.5 Å². The standard InChI is InChI=1S/C14H16N4O3/c1-18(2)9-4-5-10(15)12(6-9)21-13-8-16-7-11(17-13)14(19)20-3/h4-8H,15H2,1-3H3. The summed E-state index contributed by atoms with van der Waals surface area (Å²) < 4.78 is 10.2. The van der Waals surface area contributed by atoms with Crippen molar-refractivity contribution >= 4 is 17.3 Å². The van der Waals surface area contributed by atoms with Crippen LogP contribution >= 0.6 is 0 Å². The van der Waals surface area contributed by atoms with E-state index in [4.69, 9.17) is 10.5 Å². The summed E-state index contributed by atoms with van der Waals surface area (Å²) in [6.07, 6.45) is 2.70. The first kappa shape index (κ1) is 14.6. The second-order valence-corrected chi connectivity index (χ2v) is 4.45. The molecule has 1 aromatic carbocycles. The second-order valence-electron chi connectivity index (χ2n) is 4.45. The Morgan fingerprint density at radius 1 is 1.29 bits per heavy atom. The van der Waals surface area contributed by atoms with Crippen molar-refractivity contribution in [2.75, 3.05) is 31.8 Å². The average molecular weight is 288 g/mol. The third kappa shape index (κ3) is 3.38. The van der Waals surface area contributed by atoms with E-state index >= 15 is 0 Å². The van der Waals surface area contributed by atoms with Crippen LogP contribution in [0.5, 0.6) is 11.6 Å². The Morgan fingerprint density at radius 3 is 2.71 bits per heavy atom. The third-order valence-electron chi connectivity index (χ3n) is 2.74. The lowest BCUT2D eigenvalue weighted by molar-refractivity contribution is 0.0592. The first-order valence-electron chi connectivity index (χ1n) is 6.16. The van der Waals surface area contributed by atoms with E-state index in [0.717, 1.165) is 5.69 Å². The minimum atomic E-state index is -0.581. The molecule has 0 saturated carbocycles. The van der Waals surface area contributed by atoms with E-state index in [1.807, 2.05) is 25.1 Å². The zero-order chi connectivity index (χ0) is 15.4. The van der Waals surface area contributed by atoms with Crippen LogP contribution in [0.4, 0.5) is 11.4 Å². The quantitative estimate of drug-likeness (QED) is 0.676. The molecule has 0 spiro atoms. The molecule has 0 saturated heterocycles. The van der Waals surface area contributed by atoms with E-state index in [0.29, 0.717) is 11.4 Å². The molecule has 110 valence electrons. The monoisotopic (exact) mass is 288 g/mol. The van der Waals surface area contributed by atoms with Gasteiger partial charge in [-0.05, 0) is 12.1 Å². The first-order chi connectivity index (χ1) is 10.0. The molecule has 0 atom stereocenters. The highest BCUT2D eigenvalue weighted by atomic mass is 16.5. The number of methoxy groups -OCH3 is 1. The highest BCUT2D eigenvalue weighted by Gasteiger charge is 2.11. The molecule has 0 fully saturated rings. The molecular formula is C14H16N4O3. The van der Waals surface area contributed by atoms with Gasteiger partial charge in [-0.25, -0.2) is 9.78 Å². The smallest absolute Gasteiger partial charge is 0.358 e. The molecule has 0 aliphatic rings. The largest absolute Gasteiger partial charge is 0.464 e. The average Bonchev–Trinajstić information content (AvgIpc) is 2.48. The highest BCUT2D eigenvalue weighted by Crippen LogP contribution is 2.30. The number of benzene rings is 1. The van der Waals surface area contributed by atoms with Crippen LogP contribution in [0, 0.1) is 0 Å². The maximum absolute atomic E-state index is 11.4. The van der Waals surface area contributed by atoms with Gasteiger partial charge in [0, 0.05) is 25.8 Å². The molecule has 0 bridgehead atoms. The molecule has 0 aliphatic carbocycles. The first-order valence-corrected chi connectivity index (χ1v) is 6.16. The van der Waals surface area contributed by atoms with E-state index in [2.05, 4.69) is 14.7 Å². The number of esters is 1. The Bertz CT molecular complexity index is 658. The third-order valence-corrected chi connectivity index (χ3v) is 2.74. The number of hydrogen-bond donors (Lipinski definition) is 1. The van der Waals surface area contributed by atoms with Crippen molar-refractivity contribution in [3.05, 3.63) is 36.3 Å². The van der Waals surface area contributed by atoms with Crippen LogP contribution in [0.15, 0.2) is 30.6 Å². The molecule has 2 rings (SSSR count). The Morgan fingerprint density at radius 2 is 2.05 bits per heavy atom. The Hall–Kier alpha value is -2.83. The van der Waals surface area contributed by atoms with E-state index in [-0.39, 0.29) is 11.6 Å². The number of carbonyl (C=O) groups is 1. The van der Waals surface area contributed by atoms with Crippen molar-refractivity contribution in [1.82, 2.24) is 9.97 Å². The Labute approximate surface area is 122 Å². The maximum atomic E-state index is 11.4. The van der Waals surface area contributed by atoms with Gasteiger partial charge in [0.05, 0.1) is 25.2 Å². The maximum Gasteiger partial charge on any atom is 0.358 e. The van der Waals surface area contributed by atoms with Gasteiger partial charge in [0.2, 0.25) is 5.88 Å². The fraction of sp³-hybridized carbons (Fsp3) is 0.214. The SMILES string of the molecule is COC(=O)c1cncc(Oc2cc(N(C)C)ccc2N)n1. The Balaban J connectivity index is 2.29. The number of nitrogen functional groups attached to an aromatic ring is 1. The van der Waals surface area contributed by atoms with E-state index in [1.165, 1.54) is 19.5 Å². The minimum Gasteiger partial charge on any atom is -0.464 e. The van der Waals surface area contributed by atoms with Gasteiger partial charge in [0.1, 0.15) is 0 Å². The van der Waals surface area contributed by atoms with E-state index in [1.54, 1.807) is 12.1 Å². The topological polar surface area (TPSA) is 90.6 Å². The van der Waals surface area contributed by atoms with Gasteiger partial charge in [0.25, 0.3) is 0 Å². The van der Waals surface area contributed by atoms with Crippen molar-refractivity contribution in [2.24, 2.45) is 0 Å². The molecule has 7 nitrogen and oxygen atoms in total. The number of anilines is 2. The van der Waals surface area contributed by atoms with Crippen LogP contribution in [-0.2, 0) is 4.74 Å². The molecule has 21 heavy (non-hydrogen) atoms. The molecule has 7 heteroatoms. The lowest BCUT2D eigenvalue weighted by Crippen LogP contribution is -2.09. The molecular weight excluding hydrogens is 272 g/mol. The molecule has 1 heterocycles. The van der Waals surface area contributed by atoms with Gasteiger partial charge < -0.3 is 20.1 Å². The molecule has 2 aromatic rings. The molecule has 0 amide bonds. The number of aromatic nitrogens is 2. The summed E-state index contributed by atoms with van der Waals surface area (Å²) in [4.78, 5) is 21.3. The summed E-state index contributed by atoms with van der Waals surface area (Å²) in [6.45, 7) is 0. The fourth-order valence-corrected chi connectivity index (χ4v) is 1.60. The normalized spacial score (nSPS) is 10.0. The van der Waals surface area contributed by atoms with Crippen LogP contribution < -0.4 is 15.4 Å². The van der Waals surface area contributed by atoms with E-state index < -0.39 is 5.97 Å². The summed E-state index contributed by atoms with van der Waals surface area (Å²) in [5.74, 6) is 0.0287. The molecule has 1 aromatic heterocycles. The van der Waals surface area contributed by atoms with Crippen molar-refractivity contribution in [3.8, 4) is 11.6 Å². The second kappa shape index (κ2) is 6.08. The molecule has 0 unspecified atom stereocenters. The van der Waals surface area contributed by atoms with Gasteiger partial charge in [-0.15, -0.1) is 0 Å². The summed E-state index contributed by atoms with van der Waals surface area (Å²) in [5.41, 5.74) is 7.34. The van der Waals surface area contributed by atoms with Gasteiger partial charge in [0.15, 0.2) is 11.4 Å². The predicted molar refractivity (Wildman–Crippen MR) is 78.6 cm³/mol.